The average molecular weight is 272 g/mol. The van der Waals surface area contributed by atoms with Crippen molar-refractivity contribution in [3.8, 4) is 6.07 Å². The van der Waals surface area contributed by atoms with Crippen molar-refractivity contribution in [3.63, 3.8) is 0 Å². The second-order valence-electron chi connectivity index (χ2n) is 4.06. The van der Waals surface area contributed by atoms with Crippen LogP contribution in [0.15, 0.2) is 12.1 Å². The molecule has 1 aromatic rings. The predicted molar refractivity (Wildman–Crippen MR) is 70.0 cm³/mol. The maximum Gasteiger partial charge on any atom is 0.135 e. The summed E-state index contributed by atoms with van der Waals surface area (Å²) in [6.07, 6.45) is 0.511. The first-order valence-electron chi connectivity index (χ1n) is 5.46. The first kappa shape index (κ1) is 14.2. The van der Waals surface area contributed by atoms with Gasteiger partial charge in [-0.2, -0.15) is 5.26 Å². The molecule has 0 N–H and O–H groups in total. The van der Waals surface area contributed by atoms with Crippen molar-refractivity contribution in [1.29, 1.82) is 5.26 Å². The highest BCUT2D eigenvalue weighted by Gasteiger charge is 2.12. The minimum absolute atomic E-state index is 0.357. The minimum Gasteiger partial charge on any atom is -0.296 e. The van der Waals surface area contributed by atoms with Crippen molar-refractivity contribution in [2.24, 2.45) is 0 Å². The Labute approximate surface area is 112 Å². The van der Waals surface area contributed by atoms with Gasteiger partial charge < -0.3 is 0 Å². The highest BCUT2D eigenvalue weighted by Crippen LogP contribution is 2.19. The smallest absolute Gasteiger partial charge is 0.135 e. The molecule has 92 valence electrons. The molecule has 0 aliphatic rings. The Morgan fingerprint density at radius 3 is 2.65 bits per heavy atom. The molecule has 1 aromatic heterocycles. The quantitative estimate of drug-likeness (QED) is 0.770. The maximum absolute atomic E-state index is 8.62. The maximum atomic E-state index is 8.62. The Kier molecular flexibility index (Phi) is 5.70. The van der Waals surface area contributed by atoms with E-state index in [1.54, 1.807) is 6.07 Å². The molecular weight excluding hydrogens is 257 g/mol. The van der Waals surface area contributed by atoms with Gasteiger partial charge in [0.25, 0.3) is 0 Å². The normalized spacial score (nSPS) is 10.9. The molecule has 0 aliphatic carbocycles. The molecule has 0 bridgehead atoms. The fourth-order valence-electron chi connectivity index (χ4n) is 1.49. The third kappa shape index (κ3) is 4.51. The molecule has 17 heavy (non-hydrogen) atoms. The molecule has 0 atom stereocenters. The van der Waals surface area contributed by atoms with Crippen LogP contribution in [0, 0.1) is 11.3 Å². The van der Waals surface area contributed by atoms with E-state index in [-0.39, 0.29) is 0 Å². The van der Waals surface area contributed by atoms with E-state index in [0.29, 0.717) is 29.3 Å². The van der Waals surface area contributed by atoms with Gasteiger partial charge in [0.15, 0.2) is 0 Å². The van der Waals surface area contributed by atoms with Gasteiger partial charge in [0, 0.05) is 31.1 Å². The van der Waals surface area contributed by atoms with Crippen LogP contribution in [-0.2, 0) is 6.54 Å². The summed E-state index contributed by atoms with van der Waals surface area (Å²) in [5.74, 6) is 0. The Bertz CT molecular complexity index is 413. The van der Waals surface area contributed by atoms with Crippen molar-refractivity contribution in [1.82, 2.24) is 9.88 Å². The minimum atomic E-state index is 0.357. The zero-order valence-electron chi connectivity index (χ0n) is 9.95. The van der Waals surface area contributed by atoms with Gasteiger partial charge in [0.05, 0.1) is 6.07 Å². The van der Waals surface area contributed by atoms with Gasteiger partial charge in [-0.15, -0.1) is 0 Å². The fraction of sp³-hybridized carbons (Fsp3) is 0.500. The monoisotopic (exact) mass is 271 g/mol. The first-order chi connectivity index (χ1) is 8.04. The molecule has 0 amide bonds. The number of halogens is 2. The van der Waals surface area contributed by atoms with Crippen LogP contribution in [0.3, 0.4) is 0 Å². The predicted octanol–water partition coefficient (Wildman–Crippen LogP) is 3.51. The highest BCUT2D eigenvalue weighted by atomic mass is 35.5. The summed E-state index contributed by atoms with van der Waals surface area (Å²) in [7, 11) is 0. The second kappa shape index (κ2) is 6.80. The zero-order chi connectivity index (χ0) is 12.8. The lowest BCUT2D eigenvalue weighted by molar-refractivity contribution is 0.217. The topological polar surface area (TPSA) is 39.9 Å². The number of nitrogens with zero attached hydrogens (tertiary/aromatic N) is 3. The molecular formula is C12H15Cl2N3. The van der Waals surface area contributed by atoms with Crippen LogP contribution in [0.1, 0.15) is 25.8 Å². The lowest BCUT2D eigenvalue weighted by Gasteiger charge is -2.25. The molecule has 5 heteroatoms. The SMILES string of the molecule is CC(C)N(CCC#N)Cc1ccc(Cl)nc1Cl. The fourth-order valence-corrected chi connectivity index (χ4v) is 1.90. The van der Waals surface area contributed by atoms with Gasteiger partial charge >= 0.3 is 0 Å². The van der Waals surface area contributed by atoms with E-state index in [1.165, 1.54) is 0 Å². The van der Waals surface area contributed by atoms with Crippen molar-refractivity contribution >= 4 is 23.2 Å². The average Bonchev–Trinajstić information content (AvgIpc) is 2.26. The van der Waals surface area contributed by atoms with Gasteiger partial charge in [-0.1, -0.05) is 29.3 Å². The number of rotatable bonds is 5. The van der Waals surface area contributed by atoms with Gasteiger partial charge in [0.1, 0.15) is 10.3 Å². The van der Waals surface area contributed by atoms with E-state index >= 15 is 0 Å². The third-order valence-corrected chi connectivity index (χ3v) is 3.04. The highest BCUT2D eigenvalue weighted by molar-refractivity contribution is 6.32. The van der Waals surface area contributed by atoms with E-state index in [2.05, 4.69) is 29.8 Å². The van der Waals surface area contributed by atoms with Crippen LogP contribution in [-0.4, -0.2) is 22.5 Å². The van der Waals surface area contributed by atoms with Crippen LogP contribution in [0.5, 0.6) is 0 Å². The molecule has 0 saturated carbocycles. The van der Waals surface area contributed by atoms with E-state index in [9.17, 15) is 0 Å². The molecule has 1 rings (SSSR count). The summed E-state index contributed by atoms with van der Waals surface area (Å²) in [6, 6.07) is 6.11. The number of hydrogen-bond donors (Lipinski definition) is 0. The van der Waals surface area contributed by atoms with E-state index < -0.39 is 0 Å². The number of hydrogen-bond acceptors (Lipinski definition) is 3. The summed E-state index contributed by atoms with van der Waals surface area (Å²) in [5, 5.41) is 9.45. The number of aromatic nitrogens is 1. The molecule has 0 spiro atoms. The van der Waals surface area contributed by atoms with Crippen LogP contribution in [0.25, 0.3) is 0 Å². The molecule has 0 saturated heterocycles. The summed E-state index contributed by atoms with van der Waals surface area (Å²) in [4.78, 5) is 6.19. The van der Waals surface area contributed by atoms with Gasteiger partial charge in [-0.3, -0.25) is 4.90 Å². The third-order valence-electron chi connectivity index (χ3n) is 2.51. The van der Waals surface area contributed by atoms with Gasteiger partial charge in [-0.25, -0.2) is 4.98 Å². The first-order valence-corrected chi connectivity index (χ1v) is 6.22. The Hall–Kier alpha value is -0.820. The summed E-state index contributed by atoms with van der Waals surface area (Å²) in [6.45, 7) is 5.60. The second-order valence-corrected chi connectivity index (χ2v) is 4.80. The molecule has 3 nitrogen and oxygen atoms in total. The Balaban J connectivity index is 2.75. The van der Waals surface area contributed by atoms with Crippen LogP contribution in [0.2, 0.25) is 10.3 Å². The molecule has 0 aliphatic heterocycles. The van der Waals surface area contributed by atoms with Crippen LogP contribution in [0.4, 0.5) is 0 Å². The largest absolute Gasteiger partial charge is 0.296 e. The number of pyridine rings is 1. The van der Waals surface area contributed by atoms with E-state index in [4.69, 9.17) is 28.5 Å². The Morgan fingerprint density at radius 2 is 2.12 bits per heavy atom. The van der Waals surface area contributed by atoms with Crippen LogP contribution < -0.4 is 0 Å². The molecule has 0 unspecified atom stereocenters. The van der Waals surface area contributed by atoms with Crippen molar-refractivity contribution in [3.05, 3.63) is 28.0 Å². The summed E-state index contributed by atoms with van der Waals surface area (Å²) >= 11 is 11.8. The summed E-state index contributed by atoms with van der Waals surface area (Å²) < 4.78 is 0. The van der Waals surface area contributed by atoms with Gasteiger partial charge in [0.2, 0.25) is 0 Å². The molecule has 0 fully saturated rings. The molecule has 1 heterocycles. The lowest BCUT2D eigenvalue weighted by Crippen LogP contribution is -2.31. The van der Waals surface area contributed by atoms with E-state index in [0.717, 1.165) is 12.1 Å². The van der Waals surface area contributed by atoms with Crippen molar-refractivity contribution in [2.75, 3.05) is 6.54 Å². The van der Waals surface area contributed by atoms with Crippen LogP contribution >= 0.6 is 23.2 Å². The summed E-state index contributed by atoms with van der Waals surface area (Å²) in [5.41, 5.74) is 0.933. The molecule has 0 aromatic carbocycles. The van der Waals surface area contributed by atoms with Crippen molar-refractivity contribution < 1.29 is 0 Å². The zero-order valence-corrected chi connectivity index (χ0v) is 11.5. The molecule has 0 radical (unpaired) electrons. The van der Waals surface area contributed by atoms with E-state index in [1.807, 2.05) is 6.07 Å². The van der Waals surface area contributed by atoms with Crippen molar-refractivity contribution in [2.45, 2.75) is 32.9 Å². The number of nitriles is 1. The lowest BCUT2D eigenvalue weighted by atomic mass is 10.2. The standard InChI is InChI=1S/C12H15Cl2N3/c1-9(2)17(7-3-6-15)8-10-4-5-11(13)16-12(10)14/h4-5,9H,3,7-8H2,1-2H3. The van der Waals surface area contributed by atoms with Gasteiger partial charge in [-0.05, 0) is 19.9 Å². The Morgan fingerprint density at radius 1 is 1.41 bits per heavy atom.